The zero-order valence-corrected chi connectivity index (χ0v) is 16.1. The first kappa shape index (κ1) is 18.6. The minimum atomic E-state index is -0.151. The zero-order chi connectivity index (χ0) is 18.5. The minimum absolute atomic E-state index is 0.0845. The molecule has 4 nitrogen and oxygen atoms in total. The van der Waals surface area contributed by atoms with Crippen LogP contribution in [0.4, 0.5) is 5.69 Å². The highest BCUT2D eigenvalue weighted by Crippen LogP contribution is 2.26. The highest BCUT2D eigenvalue weighted by atomic mass is 35.5. The third-order valence-corrected chi connectivity index (χ3v) is 5.17. The molecule has 2 aromatic carbocycles. The van der Waals surface area contributed by atoms with Gasteiger partial charge in [0.25, 0.3) is 5.91 Å². The van der Waals surface area contributed by atoms with Crippen LogP contribution in [0.3, 0.4) is 0 Å². The second kappa shape index (κ2) is 8.45. The largest absolute Gasteiger partial charge is 0.495 e. The van der Waals surface area contributed by atoms with Gasteiger partial charge in [0.05, 0.1) is 18.2 Å². The molecule has 1 aliphatic heterocycles. The molecule has 1 N–H and O–H groups in total. The minimum Gasteiger partial charge on any atom is -0.495 e. The molecule has 1 aliphatic rings. The molecule has 2 aromatic rings. The summed E-state index contributed by atoms with van der Waals surface area (Å²) in [5.41, 5.74) is 2.86. The molecular weight excluding hydrogens is 348 g/mol. The van der Waals surface area contributed by atoms with E-state index in [9.17, 15) is 4.79 Å². The van der Waals surface area contributed by atoms with Crippen LogP contribution >= 0.6 is 11.6 Å². The smallest absolute Gasteiger partial charge is 0.251 e. The van der Waals surface area contributed by atoms with Crippen molar-refractivity contribution in [1.29, 1.82) is 0 Å². The fourth-order valence-electron chi connectivity index (χ4n) is 3.30. The Morgan fingerprint density at radius 2 is 1.81 bits per heavy atom. The van der Waals surface area contributed by atoms with Gasteiger partial charge in [0.1, 0.15) is 5.75 Å². The fourth-order valence-corrected chi connectivity index (χ4v) is 3.55. The summed E-state index contributed by atoms with van der Waals surface area (Å²) in [6.45, 7) is 4.24. The van der Waals surface area contributed by atoms with E-state index < -0.39 is 0 Å². The average Bonchev–Trinajstić information content (AvgIpc) is 2.68. The Bertz CT molecular complexity index is 755. The van der Waals surface area contributed by atoms with Crippen LogP contribution in [0.5, 0.6) is 5.75 Å². The molecule has 0 saturated carbocycles. The maximum Gasteiger partial charge on any atom is 0.251 e. The van der Waals surface area contributed by atoms with Gasteiger partial charge in [-0.25, -0.2) is 0 Å². The number of hydrogen-bond donors (Lipinski definition) is 1. The van der Waals surface area contributed by atoms with E-state index in [1.807, 2.05) is 6.92 Å². The van der Waals surface area contributed by atoms with E-state index in [0.717, 1.165) is 18.7 Å². The van der Waals surface area contributed by atoms with Gasteiger partial charge in [0.15, 0.2) is 0 Å². The predicted octanol–water partition coefficient (Wildman–Crippen LogP) is 4.83. The summed E-state index contributed by atoms with van der Waals surface area (Å²) in [6.07, 6.45) is 3.85. The van der Waals surface area contributed by atoms with Crippen LogP contribution in [-0.2, 0) is 0 Å². The summed E-state index contributed by atoms with van der Waals surface area (Å²) in [6, 6.07) is 13.4. The van der Waals surface area contributed by atoms with Crippen molar-refractivity contribution in [2.45, 2.75) is 32.2 Å². The molecular formula is C21H25ClN2O2. The summed E-state index contributed by atoms with van der Waals surface area (Å²) < 4.78 is 5.12. The first-order valence-corrected chi connectivity index (χ1v) is 9.45. The number of carbonyl (C=O) groups excluding carboxylic acids is 1. The van der Waals surface area contributed by atoms with E-state index >= 15 is 0 Å². The Morgan fingerprint density at radius 3 is 2.42 bits per heavy atom. The van der Waals surface area contributed by atoms with Gasteiger partial charge in [-0.1, -0.05) is 23.7 Å². The third-order valence-electron chi connectivity index (χ3n) is 4.88. The Kier molecular flexibility index (Phi) is 6.04. The number of rotatable bonds is 5. The molecule has 0 unspecified atom stereocenters. The van der Waals surface area contributed by atoms with Gasteiger partial charge < -0.3 is 15.0 Å². The number of halogens is 1. The van der Waals surface area contributed by atoms with Gasteiger partial charge in [-0.05, 0) is 62.1 Å². The van der Waals surface area contributed by atoms with Crippen molar-refractivity contribution in [1.82, 2.24) is 5.32 Å². The lowest BCUT2D eigenvalue weighted by atomic mass is 10.1. The summed E-state index contributed by atoms with van der Waals surface area (Å²) in [4.78, 5) is 14.9. The Morgan fingerprint density at radius 1 is 1.12 bits per heavy atom. The van der Waals surface area contributed by atoms with Crippen molar-refractivity contribution in [3.8, 4) is 5.75 Å². The van der Waals surface area contributed by atoms with Crippen molar-refractivity contribution in [3.05, 3.63) is 58.6 Å². The Labute approximate surface area is 160 Å². The molecule has 138 valence electrons. The molecule has 1 fully saturated rings. The molecule has 5 heteroatoms. The molecule has 1 amide bonds. The lowest BCUT2D eigenvalue weighted by molar-refractivity contribution is 0.0940. The van der Waals surface area contributed by atoms with Crippen LogP contribution in [0.15, 0.2) is 42.5 Å². The lowest BCUT2D eigenvalue weighted by Gasteiger charge is -2.29. The molecule has 0 radical (unpaired) electrons. The lowest BCUT2D eigenvalue weighted by Crippen LogP contribution is -2.29. The van der Waals surface area contributed by atoms with Crippen molar-refractivity contribution in [2.24, 2.45) is 0 Å². The first-order chi connectivity index (χ1) is 12.6. The molecule has 0 aliphatic carbocycles. The van der Waals surface area contributed by atoms with E-state index in [2.05, 4.69) is 34.5 Å². The Hall–Kier alpha value is -2.20. The summed E-state index contributed by atoms with van der Waals surface area (Å²) >= 11 is 6.11. The van der Waals surface area contributed by atoms with E-state index in [1.54, 1.807) is 25.3 Å². The number of benzene rings is 2. The molecule has 0 spiro atoms. The van der Waals surface area contributed by atoms with Gasteiger partial charge in [0.2, 0.25) is 0 Å². The predicted molar refractivity (Wildman–Crippen MR) is 106 cm³/mol. The second-order valence-corrected chi connectivity index (χ2v) is 7.09. The standard InChI is InChI=1S/C21H25ClN2O2/c1-15(23-21(25)17-8-11-20(26-2)19(22)14-17)16-6-9-18(10-7-16)24-12-4-3-5-13-24/h6-11,14-15H,3-5,12-13H2,1-2H3,(H,23,25)/t15-/m0/s1. The topological polar surface area (TPSA) is 41.6 Å². The zero-order valence-electron chi connectivity index (χ0n) is 15.3. The SMILES string of the molecule is COc1ccc(C(=O)N[C@@H](C)c2ccc(N3CCCCC3)cc2)cc1Cl. The fraction of sp³-hybridized carbons (Fsp3) is 0.381. The van der Waals surface area contributed by atoms with Crippen molar-refractivity contribution in [2.75, 3.05) is 25.1 Å². The van der Waals surface area contributed by atoms with E-state index in [4.69, 9.17) is 16.3 Å². The Balaban J connectivity index is 1.64. The third kappa shape index (κ3) is 4.31. The number of nitrogens with zero attached hydrogens (tertiary/aromatic N) is 1. The van der Waals surface area contributed by atoms with Gasteiger partial charge in [-0.15, -0.1) is 0 Å². The monoisotopic (exact) mass is 372 g/mol. The van der Waals surface area contributed by atoms with Gasteiger partial charge in [-0.2, -0.15) is 0 Å². The van der Waals surface area contributed by atoms with Crippen LogP contribution < -0.4 is 15.0 Å². The van der Waals surface area contributed by atoms with Crippen molar-refractivity contribution >= 4 is 23.2 Å². The van der Waals surface area contributed by atoms with Crippen LogP contribution in [0, 0.1) is 0 Å². The highest BCUT2D eigenvalue weighted by molar-refractivity contribution is 6.32. The summed E-state index contributed by atoms with van der Waals surface area (Å²) in [5.74, 6) is 0.409. The molecule has 0 bridgehead atoms. The van der Waals surface area contributed by atoms with E-state index in [0.29, 0.717) is 16.3 Å². The number of ether oxygens (including phenoxy) is 1. The number of anilines is 1. The number of methoxy groups -OCH3 is 1. The quantitative estimate of drug-likeness (QED) is 0.817. The molecule has 1 atom stereocenters. The van der Waals surface area contributed by atoms with Crippen molar-refractivity contribution in [3.63, 3.8) is 0 Å². The van der Waals surface area contributed by atoms with Crippen LogP contribution in [0.2, 0.25) is 5.02 Å². The maximum atomic E-state index is 12.5. The van der Waals surface area contributed by atoms with Gasteiger partial charge >= 0.3 is 0 Å². The van der Waals surface area contributed by atoms with Crippen molar-refractivity contribution < 1.29 is 9.53 Å². The number of amides is 1. The number of nitrogens with one attached hydrogen (secondary N) is 1. The summed E-state index contributed by atoms with van der Waals surface area (Å²) in [5, 5.41) is 3.45. The van der Waals surface area contributed by atoms with E-state index in [-0.39, 0.29) is 11.9 Å². The first-order valence-electron chi connectivity index (χ1n) is 9.08. The molecule has 1 heterocycles. The van der Waals surface area contributed by atoms with Crippen LogP contribution in [0.1, 0.15) is 48.1 Å². The number of hydrogen-bond acceptors (Lipinski definition) is 3. The summed E-state index contributed by atoms with van der Waals surface area (Å²) in [7, 11) is 1.55. The van der Waals surface area contributed by atoms with Gasteiger partial charge in [-0.3, -0.25) is 4.79 Å². The molecule has 1 saturated heterocycles. The maximum absolute atomic E-state index is 12.5. The molecule has 0 aromatic heterocycles. The van der Waals surface area contributed by atoms with Crippen LogP contribution in [0.25, 0.3) is 0 Å². The van der Waals surface area contributed by atoms with Crippen LogP contribution in [-0.4, -0.2) is 26.1 Å². The van der Waals surface area contributed by atoms with E-state index in [1.165, 1.54) is 24.9 Å². The number of carbonyl (C=O) groups is 1. The average molecular weight is 373 g/mol. The second-order valence-electron chi connectivity index (χ2n) is 6.68. The van der Waals surface area contributed by atoms with Gasteiger partial charge in [0, 0.05) is 24.3 Å². The molecule has 3 rings (SSSR count). The molecule has 26 heavy (non-hydrogen) atoms. The number of piperidine rings is 1. The highest BCUT2D eigenvalue weighted by Gasteiger charge is 2.15. The normalized spacial score (nSPS) is 15.4.